The molecule has 2 aromatic rings. The number of aromatic hydroxyl groups is 1. The van der Waals surface area contributed by atoms with Gasteiger partial charge in [-0.2, -0.15) is 0 Å². The number of nitrogens with zero attached hydrogens (tertiary/aromatic N) is 2. The predicted octanol–water partition coefficient (Wildman–Crippen LogP) is 4.30. The molecule has 0 saturated carbocycles. The highest BCUT2D eigenvalue weighted by Gasteiger charge is 2.31. The summed E-state index contributed by atoms with van der Waals surface area (Å²) in [7, 11) is 7.46. The lowest BCUT2D eigenvalue weighted by molar-refractivity contribution is 0.237. The Labute approximate surface area is 179 Å². The van der Waals surface area contributed by atoms with E-state index in [0.717, 1.165) is 37.1 Å². The van der Waals surface area contributed by atoms with Gasteiger partial charge in [-0.25, -0.2) is 0 Å². The third-order valence-electron chi connectivity index (χ3n) is 6.86. The van der Waals surface area contributed by atoms with Crippen LogP contribution in [0.1, 0.15) is 48.2 Å². The molecule has 2 unspecified atom stereocenters. The molecule has 6 heteroatoms. The second kappa shape index (κ2) is 8.00. The van der Waals surface area contributed by atoms with Crippen LogP contribution in [0.3, 0.4) is 0 Å². The Morgan fingerprint density at radius 2 is 1.43 bits per heavy atom. The SMILES string of the molecule is COc1cc2c(cc1Oc1c(O)c(OC)cc3c1C(C)N(C)CC3)C(C)N(C)CC2. The molecular formula is C24H32N2O4. The quantitative estimate of drug-likeness (QED) is 0.808. The van der Waals surface area contributed by atoms with Crippen molar-refractivity contribution in [3.8, 4) is 28.7 Å². The van der Waals surface area contributed by atoms with Gasteiger partial charge in [0.25, 0.3) is 0 Å². The second-order valence-corrected chi connectivity index (χ2v) is 8.45. The van der Waals surface area contributed by atoms with Crippen molar-refractivity contribution < 1.29 is 19.3 Å². The molecule has 1 N–H and O–H groups in total. The Morgan fingerprint density at radius 3 is 2.10 bits per heavy atom. The minimum atomic E-state index is 0.0309. The lowest BCUT2D eigenvalue weighted by Crippen LogP contribution is -2.31. The third kappa shape index (κ3) is 3.38. The lowest BCUT2D eigenvalue weighted by Gasteiger charge is -2.35. The number of rotatable bonds is 4. The van der Waals surface area contributed by atoms with Gasteiger partial charge in [-0.3, -0.25) is 9.80 Å². The molecule has 2 aliphatic rings. The van der Waals surface area contributed by atoms with E-state index in [1.807, 2.05) is 6.07 Å². The van der Waals surface area contributed by atoms with Crippen LogP contribution in [0.4, 0.5) is 0 Å². The van der Waals surface area contributed by atoms with Gasteiger partial charge >= 0.3 is 0 Å². The van der Waals surface area contributed by atoms with Crippen molar-refractivity contribution in [2.45, 2.75) is 38.8 Å². The first-order valence-electron chi connectivity index (χ1n) is 10.6. The molecule has 0 amide bonds. The molecule has 2 aromatic carbocycles. The highest BCUT2D eigenvalue weighted by Crippen LogP contribution is 2.50. The van der Waals surface area contributed by atoms with Crippen LogP contribution in [-0.2, 0) is 12.8 Å². The van der Waals surface area contributed by atoms with Gasteiger partial charge in [0.1, 0.15) is 0 Å². The minimum absolute atomic E-state index is 0.0309. The maximum Gasteiger partial charge on any atom is 0.201 e. The number of likely N-dealkylation sites (N-methyl/N-ethyl adjacent to an activating group) is 2. The van der Waals surface area contributed by atoms with E-state index in [2.05, 4.69) is 49.9 Å². The molecule has 2 atom stereocenters. The number of ether oxygens (including phenoxy) is 3. The van der Waals surface area contributed by atoms with Gasteiger partial charge in [-0.1, -0.05) is 0 Å². The second-order valence-electron chi connectivity index (χ2n) is 8.45. The molecular weight excluding hydrogens is 380 g/mol. The van der Waals surface area contributed by atoms with Crippen molar-refractivity contribution in [2.24, 2.45) is 0 Å². The summed E-state index contributed by atoms with van der Waals surface area (Å²) in [5.74, 6) is 2.22. The predicted molar refractivity (Wildman–Crippen MR) is 117 cm³/mol. The molecule has 2 aliphatic heterocycles. The average Bonchev–Trinajstić information content (AvgIpc) is 2.75. The Hall–Kier alpha value is -2.44. The van der Waals surface area contributed by atoms with Gasteiger partial charge in [0.05, 0.1) is 14.2 Å². The molecule has 162 valence electrons. The van der Waals surface area contributed by atoms with E-state index in [1.165, 1.54) is 11.1 Å². The maximum absolute atomic E-state index is 11.0. The fraction of sp³-hybridized carbons (Fsp3) is 0.500. The summed E-state index contributed by atoms with van der Waals surface area (Å²) >= 11 is 0. The van der Waals surface area contributed by atoms with E-state index in [4.69, 9.17) is 14.2 Å². The third-order valence-corrected chi connectivity index (χ3v) is 6.86. The number of hydrogen-bond donors (Lipinski definition) is 1. The minimum Gasteiger partial charge on any atom is -0.502 e. The molecule has 4 rings (SSSR count). The maximum atomic E-state index is 11.0. The van der Waals surface area contributed by atoms with Crippen LogP contribution in [0.15, 0.2) is 18.2 Å². The molecule has 0 bridgehead atoms. The molecule has 2 heterocycles. The number of phenols is 1. The highest BCUT2D eigenvalue weighted by molar-refractivity contribution is 5.62. The van der Waals surface area contributed by atoms with Gasteiger partial charge in [0.15, 0.2) is 23.0 Å². The van der Waals surface area contributed by atoms with Crippen LogP contribution >= 0.6 is 0 Å². The fourth-order valence-electron chi connectivity index (χ4n) is 4.62. The van der Waals surface area contributed by atoms with E-state index in [1.54, 1.807) is 14.2 Å². The van der Waals surface area contributed by atoms with Crippen LogP contribution in [-0.4, -0.2) is 56.3 Å². The zero-order valence-electron chi connectivity index (χ0n) is 18.8. The molecule has 0 saturated heterocycles. The van der Waals surface area contributed by atoms with Gasteiger partial charge in [-0.15, -0.1) is 0 Å². The molecule has 0 aromatic heterocycles. The van der Waals surface area contributed by atoms with Crippen molar-refractivity contribution in [3.63, 3.8) is 0 Å². The highest BCUT2D eigenvalue weighted by atomic mass is 16.5. The van der Waals surface area contributed by atoms with Gasteiger partial charge < -0.3 is 19.3 Å². The van der Waals surface area contributed by atoms with Gasteiger partial charge in [-0.05, 0) is 75.7 Å². The number of hydrogen-bond acceptors (Lipinski definition) is 6. The number of benzene rings is 2. The first-order valence-corrected chi connectivity index (χ1v) is 10.6. The summed E-state index contributed by atoms with van der Waals surface area (Å²) in [4.78, 5) is 4.60. The van der Waals surface area contributed by atoms with Crippen LogP contribution in [0.25, 0.3) is 0 Å². The van der Waals surface area contributed by atoms with E-state index in [0.29, 0.717) is 29.0 Å². The number of methoxy groups -OCH3 is 2. The first-order chi connectivity index (χ1) is 14.3. The summed E-state index contributed by atoms with van der Waals surface area (Å²) in [5.41, 5.74) is 4.68. The van der Waals surface area contributed by atoms with Crippen molar-refractivity contribution >= 4 is 0 Å². The molecule has 30 heavy (non-hydrogen) atoms. The molecule has 6 nitrogen and oxygen atoms in total. The smallest absolute Gasteiger partial charge is 0.201 e. The largest absolute Gasteiger partial charge is 0.502 e. The Kier molecular flexibility index (Phi) is 5.55. The van der Waals surface area contributed by atoms with Crippen LogP contribution < -0.4 is 14.2 Å². The van der Waals surface area contributed by atoms with Crippen molar-refractivity contribution in [1.82, 2.24) is 9.80 Å². The lowest BCUT2D eigenvalue weighted by atomic mass is 9.91. The average molecular weight is 413 g/mol. The Balaban J connectivity index is 1.85. The topological polar surface area (TPSA) is 54.4 Å². The van der Waals surface area contributed by atoms with Gasteiger partial charge in [0, 0.05) is 30.7 Å². The zero-order chi connectivity index (χ0) is 21.6. The van der Waals surface area contributed by atoms with Crippen LogP contribution in [0.5, 0.6) is 28.7 Å². The van der Waals surface area contributed by atoms with Crippen LogP contribution in [0, 0.1) is 0 Å². The zero-order valence-corrected chi connectivity index (χ0v) is 18.8. The molecule has 0 aliphatic carbocycles. The monoisotopic (exact) mass is 412 g/mol. The summed E-state index contributed by atoms with van der Waals surface area (Å²) in [5, 5.41) is 11.0. The van der Waals surface area contributed by atoms with E-state index in [9.17, 15) is 5.11 Å². The van der Waals surface area contributed by atoms with Crippen LogP contribution in [0.2, 0.25) is 0 Å². The summed E-state index contributed by atoms with van der Waals surface area (Å²) < 4.78 is 17.6. The Morgan fingerprint density at radius 1 is 0.833 bits per heavy atom. The summed E-state index contributed by atoms with van der Waals surface area (Å²) in [6.07, 6.45) is 1.86. The summed E-state index contributed by atoms with van der Waals surface area (Å²) in [6.45, 7) is 6.31. The number of phenolic OH excluding ortho intramolecular Hbond substituents is 1. The van der Waals surface area contributed by atoms with Crippen molar-refractivity contribution in [1.29, 1.82) is 0 Å². The van der Waals surface area contributed by atoms with E-state index < -0.39 is 0 Å². The molecule has 0 fully saturated rings. The number of fused-ring (bicyclic) bond motifs is 2. The standard InChI is InChI=1S/C24H32N2O4/c1-14-18-13-20(19(28-5)11-16(18)7-9-25(14)3)30-24-22-15(2)26(4)10-8-17(22)12-21(29-6)23(24)27/h11-15,27H,7-10H2,1-6H3. The van der Waals surface area contributed by atoms with E-state index in [-0.39, 0.29) is 11.8 Å². The normalized spacial score (nSPS) is 21.7. The van der Waals surface area contributed by atoms with Gasteiger partial charge in [0.2, 0.25) is 5.75 Å². The van der Waals surface area contributed by atoms with E-state index >= 15 is 0 Å². The first kappa shape index (κ1) is 20.8. The fourth-order valence-corrected chi connectivity index (χ4v) is 4.62. The van der Waals surface area contributed by atoms with Crippen molar-refractivity contribution in [2.75, 3.05) is 41.4 Å². The van der Waals surface area contributed by atoms with Crippen molar-refractivity contribution in [3.05, 3.63) is 40.5 Å². The molecule has 0 spiro atoms. The Bertz CT molecular complexity index is 959. The summed E-state index contributed by atoms with van der Waals surface area (Å²) in [6, 6.07) is 6.49. The molecule has 0 radical (unpaired) electrons.